The van der Waals surface area contributed by atoms with Crippen LogP contribution in [0, 0.1) is 0 Å². The van der Waals surface area contributed by atoms with E-state index in [4.69, 9.17) is 4.74 Å². The van der Waals surface area contributed by atoms with Crippen molar-refractivity contribution in [2.24, 2.45) is 4.99 Å². The van der Waals surface area contributed by atoms with Crippen LogP contribution in [0.25, 0.3) is 0 Å². The highest BCUT2D eigenvalue weighted by atomic mass is 16.5. The summed E-state index contributed by atoms with van der Waals surface area (Å²) >= 11 is 0. The molecule has 1 aromatic rings. The molecule has 0 spiro atoms. The zero-order chi connectivity index (χ0) is 18.8. The van der Waals surface area contributed by atoms with E-state index in [1.807, 2.05) is 13.2 Å². The van der Waals surface area contributed by atoms with Gasteiger partial charge in [-0.05, 0) is 38.0 Å². The number of pyridine rings is 1. The third kappa shape index (κ3) is 6.83. The lowest BCUT2D eigenvalue weighted by Gasteiger charge is -2.32. The largest absolute Gasteiger partial charge is 0.375 e. The van der Waals surface area contributed by atoms with Crippen molar-refractivity contribution in [3.63, 3.8) is 0 Å². The molecule has 0 radical (unpaired) electrons. The summed E-state index contributed by atoms with van der Waals surface area (Å²) in [6.45, 7) is 9.84. The van der Waals surface area contributed by atoms with Crippen molar-refractivity contribution < 1.29 is 4.74 Å². The molecule has 0 bridgehead atoms. The summed E-state index contributed by atoms with van der Waals surface area (Å²) in [5, 5.41) is 6.89. The predicted molar refractivity (Wildman–Crippen MR) is 109 cm³/mol. The van der Waals surface area contributed by atoms with Crippen LogP contribution in [0.3, 0.4) is 0 Å². The highest BCUT2D eigenvalue weighted by molar-refractivity contribution is 5.79. The van der Waals surface area contributed by atoms with Crippen molar-refractivity contribution in [1.29, 1.82) is 0 Å². The Labute approximate surface area is 158 Å². The van der Waals surface area contributed by atoms with Crippen molar-refractivity contribution in [1.82, 2.24) is 15.6 Å². The fourth-order valence-electron chi connectivity index (χ4n) is 3.16. The summed E-state index contributed by atoms with van der Waals surface area (Å²) in [5.41, 5.74) is 1.20. The molecule has 2 heterocycles. The predicted octanol–water partition coefficient (Wildman–Crippen LogP) is 2.94. The summed E-state index contributed by atoms with van der Waals surface area (Å²) in [7, 11) is 1.82. The zero-order valence-electron chi connectivity index (χ0n) is 16.8. The Morgan fingerprint density at radius 3 is 3.04 bits per heavy atom. The summed E-state index contributed by atoms with van der Waals surface area (Å²) in [6.07, 6.45) is 7.11. The molecule has 1 aromatic heterocycles. The Hall–Kier alpha value is -1.82. The molecule has 1 aliphatic rings. The molecule has 146 valence electrons. The third-order valence-electron chi connectivity index (χ3n) is 4.68. The van der Waals surface area contributed by atoms with Crippen LogP contribution in [0.15, 0.2) is 23.3 Å². The molecule has 1 saturated heterocycles. The summed E-state index contributed by atoms with van der Waals surface area (Å²) in [4.78, 5) is 11.2. The summed E-state index contributed by atoms with van der Waals surface area (Å²) in [5.74, 6) is 1.88. The van der Waals surface area contributed by atoms with Crippen molar-refractivity contribution in [2.45, 2.75) is 65.1 Å². The molecule has 2 rings (SSSR count). The number of anilines is 1. The highest BCUT2D eigenvalue weighted by Crippen LogP contribution is 2.16. The van der Waals surface area contributed by atoms with Crippen molar-refractivity contribution >= 4 is 11.8 Å². The van der Waals surface area contributed by atoms with Crippen molar-refractivity contribution in [2.75, 3.05) is 31.6 Å². The molecule has 6 nitrogen and oxygen atoms in total. The van der Waals surface area contributed by atoms with Crippen molar-refractivity contribution in [3.05, 3.63) is 23.9 Å². The minimum Gasteiger partial charge on any atom is -0.375 e. The number of aliphatic imine (C=N–C) groups is 1. The van der Waals surface area contributed by atoms with Crippen LogP contribution in [0.1, 0.15) is 52.0 Å². The molecule has 26 heavy (non-hydrogen) atoms. The lowest BCUT2D eigenvalue weighted by Crippen LogP contribution is -2.42. The molecule has 0 aliphatic carbocycles. The third-order valence-corrected chi connectivity index (χ3v) is 4.68. The topological polar surface area (TPSA) is 61.8 Å². The Bertz CT molecular complexity index is 563. The lowest BCUT2D eigenvalue weighted by molar-refractivity contribution is 0.0529. The number of aromatic nitrogens is 1. The van der Waals surface area contributed by atoms with E-state index in [0.29, 0.717) is 6.04 Å². The lowest BCUT2D eigenvalue weighted by atomic mass is 10.1. The number of hydrogen-bond donors (Lipinski definition) is 2. The van der Waals surface area contributed by atoms with E-state index in [1.54, 1.807) is 0 Å². The van der Waals surface area contributed by atoms with Gasteiger partial charge in [0.1, 0.15) is 5.82 Å². The summed E-state index contributed by atoms with van der Waals surface area (Å²) < 4.78 is 5.62. The van der Waals surface area contributed by atoms with Gasteiger partial charge in [-0.25, -0.2) is 4.98 Å². The first kappa shape index (κ1) is 20.5. The minimum absolute atomic E-state index is 0.254. The van der Waals surface area contributed by atoms with Gasteiger partial charge in [0.25, 0.3) is 0 Å². The highest BCUT2D eigenvalue weighted by Gasteiger charge is 2.18. The Kier molecular flexibility index (Phi) is 8.68. The van der Waals surface area contributed by atoms with Crippen LogP contribution in [-0.4, -0.2) is 49.8 Å². The Balaban J connectivity index is 1.84. The van der Waals surface area contributed by atoms with Crippen LogP contribution in [0.4, 0.5) is 5.82 Å². The first-order valence-electron chi connectivity index (χ1n) is 9.91. The monoisotopic (exact) mass is 361 g/mol. The standard InChI is InChI=1S/C20H35N5O/c1-5-6-7-8-16(2)24-20(21-4)23-14-18-9-10-22-19(13-18)25-11-12-26-17(3)15-25/h9-10,13,16-17H,5-8,11-12,14-15H2,1-4H3,(H2,21,23,24). The number of nitrogens with one attached hydrogen (secondary N) is 2. The Morgan fingerprint density at radius 2 is 2.31 bits per heavy atom. The fraction of sp³-hybridized carbons (Fsp3) is 0.700. The number of rotatable bonds is 8. The van der Waals surface area contributed by atoms with E-state index in [1.165, 1.54) is 31.2 Å². The molecule has 0 aromatic carbocycles. The number of morpholine rings is 1. The van der Waals surface area contributed by atoms with Crippen LogP contribution >= 0.6 is 0 Å². The maximum absolute atomic E-state index is 5.62. The van der Waals surface area contributed by atoms with Crippen LogP contribution in [0.5, 0.6) is 0 Å². The molecule has 2 N–H and O–H groups in total. The van der Waals surface area contributed by atoms with Crippen LogP contribution in [0.2, 0.25) is 0 Å². The average molecular weight is 362 g/mol. The van der Waals surface area contributed by atoms with Gasteiger partial charge < -0.3 is 20.3 Å². The summed E-state index contributed by atoms with van der Waals surface area (Å²) in [6, 6.07) is 4.64. The number of nitrogens with zero attached hydrogens (tertiary/aromatic N) is 3. The van der Waals surface area contributed by atoms with E-state index in [2.05, 4.69) is 58.4 Å². The molecular weight excluding hydrogens is 326 g/mol. The van der Waals surface area contributed by atoms with Gasteiger partial charge in [-0.1, -0.05) is 26.2 Å². The second kappa shape index (κ2) is 11.0. The number of unbranched alkanes of at least 4 members (excludes halogenated alkanes) is 2. The average Bonchev–Trinajstić information content (AvgIpc) is 2.65. The molecule has 0 amide bonds. The quantitative estimate of drug-likeness (QED) is 0.423. The first-order chi connectivity index (χ1) is 12.6. The van der Waals surface area contributed by atoms with E-state index < -0.39 is 0 Å². The first-order valence-corrected chi connectivity index (χ1v) is 9.91. The van der Waals surface area contributed by atoms with E-state index in [0.717, 1.165) is 38.0 Å². The van der Waals surface area contributed by atoms with Gasteiger partial charge >= 0.3 is 0 Å². The van der Waals surface area contributed by atoms with E-state index >= 15 is 0 Å². The van der Waals surface area contributed by atoms with Gasteiger partial charge in [-0.2, -0.15) is 0 Å². The minimum atomic E-state index is 0.254. The number of guanidine groups is 1. The van der Waals surface area contributed by atoms with E-state index in [-0.39, 0.29) is 6.10 Å². The fourth-order valence-corrected chi connectivity index (χ4v) is 3.16. The second-order valence-electron chi connectivity index (χ2n) is 7.12. The molecule has 2 atom stereocenters. The molecule has 1 aliphatic heterocycles. The van der Waals surface area contributed by atoms with Crippen molar-refractivity contribution in [3.8, 4) is 0 Å². The molecule has 1 fully saturated rings. The smallest absolute Gasteiger partial charge is 0.191 e. The van der Waals surface area contributed by atoms with E-state index in [9.17, 15) is 0 Å². The van der Waals surface area contributed by atoms with Gasteiger partial charge in [0.05, 0.1) is 12.7 Å². The second-order valence-corrected chi connectivity index (χ2v) is 7.12. The van der Waals surface area contributed by atoms with Gasteiger partial charge in [0.15, 0.2) is 5.96 Å². The maximum atomic E-state index is 5.62. The van der Waals surface area contributed by atoms with Gasteiger partial charge in [-0.15, -0.1) is 0 Å². The normalized spacial score (nSPS) is 19.3. The van der Waals surface area contributed by atoms with Crippen LogP contribution < -0.4 is 15.5 Å². The van der Waals surface area contributed by atoms with Crippen LogP contribution in [-0.2, 0) is 11.3 Å². The molecular formula is C20H35N5O. The molecule has 6 heteroatoms. The molecule has 0 saturated carbocycles. The Morgan fingerprint density at radius 1 is 1.46 bits per heavy atom. The number of hydrogen-bond acceptors (Lipinski definition) is 4. The SMILES string of the molecule is CCCCCC(C)NC(=NC)NCc1ccnc(N2CCOC(C)C2)c1. The van der Waals surface area contributed by atoms with Gasteiger partial charge in [0.2, 0.25) is 0 Å². The van der Waals surface area contributed by atoms with Gasteiger partial charge in [0, 0.05) is 38.9 Å². The zero-order valence-corrected chi connectivity index (χ0v) is 16.8. The maximum Gasteiger partial charge on any atom is 0.191 e. The molecule has 2 unspecified atom stereocenters. The number of ether oxygens (including phenoxy) is 1. The van der Waals surface area contributed by atoms with Gasteiger partial charge in [-0.3, -0.25) is 4.99 Å².